The summed E-state index contributed by atoms with van der Waals surface area (Å²) in [5.41, 5.74) is 0. The number of rotatable bonds is 6. The van der Waals surface area contributed by atoms with Crippen LogP contribution < -0.4 is 10.1 Å². The molecule has 0 heterocycles. The number of carbonyl (C=O) groups excluding carboxylic acids is 1. The second-order valence-electron chi connectivity index (χ2n) is 4.26. The molecule has 0 spiro atoms. The van der Waals surface area contributed by atoms with Gasteiger partial charge in [-0.05, 0) is 31.2 Å². The predicted octanol–water partition coefficient (Wildman–Crippen LogP) is 1.74. The molecule has 0 saturated heterocycles. The summed E-state index contributed by atoms with van der Waals surface area (Å²) in [4.78, 5) is 13.0. The Kier molecular flexibility index (Phi) is 6.45. The zero-order valence-electron chi connectivity index (χ0n) is 11.1. The number of hydrogen-bond donors (Lipinski definition) is 2. The number of urea groups is 1. The maximum absolute atomic E-state index is 11.6. The number of ether oxygens (including phenoxy) is 1. The summed E-state index contributed by atoms with van der Waals surface area (Å²) in [5, 5.41) is 12.5. The van der Waals surface area contributed by atoms with Crippen molar-refractivity contribution in [2.75, 3.05) is 26.7 Å². The molecule has 2 amide bonds. The number of benzene rings is 1. The maximum Gasteiger partial charge on any atom is 0.317 e. The number of nitrogens with one attached hydrogen (secondary N) is 1. The number of carbonyl (C=O) groups is 1. The average molecular weight is 287 g/mol. The first-order valence-electron chi connectivity index (χ1n) is 6.04. The van der Waals surface area contributed by atoms with Crippen LogP contribution in [0.1, 0.15) is 6.92 Å². The smallest absolute Gasteiger partial charge is 0.317 e. The van der Waals surface area contributed by atoms with E-state index in [1.807, 2.05) is 0 Å². The van der Waals surface area contributed by atoms with E-state index in [-0.39, 0.29) is 6.03 Å². The Labute approximate surface area is 118 Å². The Hall–Kier alpha value is -1.46. The molecule has 0 aliphatic carbocycles. The van der Waals surface area contributed by atoms with Crippen molar-refractivity contribution < 1.29 is 14.6 Å². The van der Waals surface area contributed by atoms with E-state index < -0.39 is 6.10 Å². The van der Waals surface area contributed by atoms with E-state index in [4.69, 9.17) is 21.4 Å². The average Bonchev–Trinajstić information content (AvgIpc) is 2.35. The first-order valence-corrected chi connectivity index (χ1v) is 6.42. The fourth-order valence-electron chi connectivity index (χ4n) is 1.47. The highest BCUT2D eigenvalue weighted by molar-refractivity contribution is 6.30. The summed E-state index contributed by atoms with van der Waals surface area (Å²) in [5.74, 6) is 0.705. The molecular formula is C13H19ClN2O3. The third-order valence-electron chi connectivity index (χ3n) is 2.35. The summed E-state index contributed by atoms with van der Waals surface area (Å²) in [6, 6.07) is 6.78. The molecule has 1 atom stereocenters. The van der Waals surface area contributed by atoms with Gasteiger partial charge in [-0.25, -0.2) is 4.79 Å². The van der Waals surface area contributed by atoms with Gasteiger partial charge in [-0.2, -0.15) is 0 Å². The standard InChI is InChI=1S/C13H19ClN2O3/c1-10(17)9-16(2)13(18)15-7-8-19-12-5-3-11(14)4-6-12/h3-6,10,17H,7-9H2,1-2H3,(H,15,18). The molecule has 0 fully saturated rings. The zero-order valence-corrected chi connectivity index (χ0v) is 11.9. The van der Waals surface area contributed by atoms with Gasteiger partial charge in [0, 0.05) is 18.6 Å². The van der Waals surface area contributed by atoms with E-state index in [1.54, 1.807) is 38.2 Å². The Bertz CT molecular complexity index is 395. The van der Waals surface area contributed by atoms with Crippen LogP contribution in [0.25, 0.3) is 0 Å². The molecule has 19 heavy (non-hydrogen) atoms. The SMILES string of the molecule is CC(O)CN(C)C(=O)NCCOc1ccc(Cl)cc1. The van der Waals surface area contributed by atoms with Crippen LogP contribution in [0.15, 0.2) is 24.3 Å². The molecule has 5 nitrogen and oxygen atoms in total. The maximum atomic E-state index is 11.6. The molecule has 0 aromatic heterocycles. The summed E-state index contributed by atoms with van der Waals surface area (Å²) < 4.78 is 5.43. The minimum atomic E-state index is -0.541. The summed E-state index contributed by atoms with van der Waals surface area (Å²) in [6.07, 6.45) is -0.541. The van der Waals surface area contributed by atoms with E-state index in [0.29, 0.717) is 30.5 Å². The lowest BCUT2D eigenvalue weighted by atomic mass is 10.3. The molecule has 0 radical (unpaired) electrons. The molecule has 1 aromatic rings. The lowest BCUT2D eigenvalue weighted by Crippen LogP contribution is -2.42. The van der Waals surface area contributed by atoms with Crippen molar-refractivity contribution in [2.24, 2.45) is 0 Å². The largest absolute Gasteiger partial charge is 0.492 e. The Morgan fingerprint density at radius 2 is 2.11 bits per heavy atom. The number of aliphatic hydroxyl groups excluding tert-OH is 1. The molecule has 106 valence electrons. The number of likely N-dealkylation sites (N-methyl/N-ethyl adjacent to an activating group) is 1. The molecule has 0 aliphatic heterocycles. The van der Waals surface area contributed by atoms with Crippen LogP contribution in [-0.4, -0.2) is 48.9 Å². The number of halogens is 1. The van der Waals surface area contributed by atoms with Gasteiger partial charge < -0.3 is 20.1 Å². The molecule has 1 rings (SSSR count). The second kappa shape index (κ2) is 7.86. The normalized spacial score (nSPS) is 11.8. The molecule has 2 N–H and O–H groups in total. The minimum absolute atomic E-state index is 0.236. The van der Waals surface area contributed by atoms with Crippen LogP contribution in [0.5, 0.6) is 5.75 Å². The molecule has 0 saturated carbocycles. The van der Waals surface area contributed by atoms with Crippen molar-refractivity contribution in [3.05, 3.63) is 29.3 Å². The van der Waals surface area contributed by atoms with Gasteiger partial charge in [0.05, 0.1) is 12.6 Å². The third-order valence-corrected chi connectivity index (χ3v) is 2.60. The van der Waals surface area contributed by atoms with Crippen LogP contribution in [0.2, 0.25) is 5.02 Å². The summed E-state index contributed by atoms with van der Waals surface area (Å²) >= 11 is 5.75. The zero-order chi connectivity index (χ0) is 14.3. The lowest BCUT2D eigenvalue weighted by Gasteiger charge is -2.19. The van der Waals surface area contributed by atoms with E-state index in [9.17, 15) is 4.79 Å². The van der Waals surface area contributed by atoms with Gasteiger partial charge in [0.25, 0.3) is 0 Å². The Morgan fingerprint density at radius 1 is 1.47 bits per heavy atom. The van der Waals surface area contributed by atoms with Gasteiger partial charge in [0.1, 0.15) is 12.4 Å². The van der Waals surface area contributed by atoms with Gasteiger partial charge in [-0.15, -0.1) is 0 Å². The summed E-state index contributed by atoms with van der Waals surface area (Å²) in [7, 11) is 1.63. The third kappa shape index (κ3) is 6.31. The van der Waals surface area contributed by atoms with Crippen LogP contribution in [0.4, 0.5) is 4.79 Å². The fraction of sp³-hybridized carbons (Fsp3) is 0.462. The number of hydrogen-bond acceptors (Lipinski definition) is 3. The van der Waals surface area contributed by atoms with Gasteiger partial charge in [0.15, 0.2) is 0 Å². The topological polar surface area (TPSA) is 61.8 Å². The fourth-order valence-corrected chi connectivity index (χ4v) is 1.60. The van der Waals surface area contributed by atoms with Gasteiger partial charge >= 0.3 is 6.03 Å². The van der Waals surface area contributed by atoms with Crippen LogP contribution in [0.3, 0.4) is 0 Å². The first kappa shape index (κ1) is 15.6. The van der Waals surface area contributed by atoms with Crippen molar-refractivity contribution in [3.8, 4) is 5.75 Å². The summed E-state index contributed by atoms with van der Waals surface area (Å²) in [6.45, 7) is 2.69. The molecule has 1 unspecified atom stereocenters. The number of amides is 2. The molecule has 6 heteroatoms. The van der Waals surface area contributed by atoms with Crippen molar-refractivity contribution in [1.29, 1.82) is 0 Å². The number of aliphatic hydroxyl groups is 1. The predicted molar refractivity (Wildman–Crippen MR) is 74.7 cm³/mol. The Morgan fingerprint density at radius 3 is 2.68 bits per heavy atom. The highest BCUT2D eigenvalue weighted by Gasteiger charge is 2.09. The van der Waals surface area contributed by atoms with Crippen molar-refractivity contribution in [3.63, 3.8) is 0 Å². The first-order chi connectivity index (χ1) is 8.99. The molecule has 1 aromatic carbocycles. The van der Waals surface area contributed by atoms with Crippen LogP contribution >= 0.6 is 11.6 Å². The van der Waals surface area contributed by atoms with Crippen LogP contribution in [0, 0.1) is 0 Å². The van der Waals surface area contributed by atoms with Crippen LogP contribution in [-0.2, 0) is 0 Å². The molecular weight excluding hydrogens is 268 g/mol. The van der Waals surface area contributed by atoms with E-state index >= 15 is 0 Å². The molecule has 0 bridgehead atoms. The van der Waals surface area contributed by atoms with E-state index in [2.05, 4.69) is 5.32 Å². The highest BCUT2D eigenvalue weighted by Crippen LogP contribution is 2.14. The molecule has 0 aliphatic rings. The highest BCUT2D eigenvalue weighted by atomic mass is 35.5. The second-order valence-corrected chi connectivity index (χ2v) is 4.70. The monoisotopic (exact) mass is 286 g/mol. The van der Waals surface area contributed by atoms with Gasteiger partial charge in [0.2, 0.25) is 0 Å². The quantitative estimate of drug-likeness (QED) is 0.783. The minimum Gasteiger partial charge on any atom is -0.492 e. The van der Waals surface area contributed by atoms with E-state index in [1.165, 1.54) is 4.90 Å². The number of nitrogens with zero attached hydrogens (tertiary/aromatic N) is 1. The van der Waals surface area contributed by atoms with E-state index in [0.717, 1.165) is 0 Å². The van der Waals surface area contributed by atoms with Gasteiger partial charge in [-0.3, -0.25) is 0 Å². The van der Waals surface area contributed by atoms with Gasteiger partial charge in [-0.1, -0.05) is 11.6 Å². The van der Waals surface area contributed by atoms with Crippen molar-refractivity contribution in [2.45, 2.75) is 13.0 Å². The lowest BCUT2D eigenvalue weighted by molar-refractivity contribution is 0.143. The van der Waals surface area contributed by atoms with Crippen molar-refractivity contribution >= 4 is 17.6 Å². The Balaban J connectivity index is 2.20. The van der Waals surface area contributed by atoms with Crippen molar-refractivity contribution in [1.82, 2.24) is 10.2 Å².